The third-order valence-corrected chi connectivity index (χ3v) is 6.62. The van der Waals surface area contributed by atoms with Crippen molar-refractivity contribution in [1.29, 1.82) is 0 Å². The summed E-state index contributed by atoms with van der Waals surface area (Å²) in [4.78, 5) is 41.6. The van der Waals surface area contributed by atoms with Crippen molar-refractivity contribution in [1.82, 2.24) is 25.5 Å². The third kappa shape index (κ3) is 4.27. The van der Waals surface area contributed by atoms with E-state index >= 15 is 0 Å². The molecule has 3 aromatic rings. The van der Waals surface area contributed by atoms with Crippen molar-refractivity contribution in [2.24, 2.45) is 0 Å². The first-order valence-electron chi connectivity index (χ1n) is 9.93. The Morgan fingerprint density at radius 3 is 2.68 bits per heavy atom. The first kappa shape index (κ1) is 20.9. The highest BCUT2D eigenvalue weighted by atomic mass is 32.2. The lowest BCUT2D eigenvalue weighted by Crippen LogP contribution is -2.46. The highest BCUT2D eigenvalue weighted by molar-refractivity contribution is 7.99. The molecule has 3 N–H and O–H groups in total. The number of benzene rings is 2. The zero-order valence-corrected chi connectivity index (χ0v) is 18.1. The number of nitrogens with zero attached hydrogens (tertiary/aromatic N) is 2. The minimum Gasteiger partial charge on any atom is -0.350 e. The van der Waals surface area contributed by atoms with Crippen LogP contribution in [0.2, 0.25) is 0 Å². The predicted octanol–water partition coefficient (Wildman–Crippen LogP) is 2.46. The Hall–Kier alpha value is -3.33. The molecule has 8 nitrogen and oxygen atoms in total. The molecule has 31 heavy (non-hydrogen) atoms. The van der Waals surface area contributed by atoms with E-state index in [1.54, 1.807) is 19.1 Å². The maximum absolute atomic E-state index is 12.8. The number of nitrogens with one attached hydrogen (secondary N) is 3. The van der Waals surface area contributed by atoms with Crippen LogP contribution < -0.4 is 16.0 Å². The van der Waals surface area contributed by atoms with Gasteiger partial charge in [0.2, 0.25) is 0 Å². The number of amides is 4. The standard InChI is InChI=1S/C22H23N5O3S/c1-14-24-16-8-4-5-9-17(16)27(14)12-11-23-19(28)15-7-3-6-10-18(15)31-13-22(2)20(29)25-21(30)26-22/h3-10H,11-13H2,1-2H3,(H,23,28)(H2,25,26,29,30)/t22-/m1/s1. The van der Waals surface area contributed by atoms with E-state index in [0.29, 0.717) is 24.4 Å². The van der Waals surface area contributed by atoms with Gasteiger partial charge in [0.25, 0.3) is 11.8 Å². The van der Waals surface area contributed by atoms with Gasteiger partial charge >= 0.3 is 6.03 Å². The molecule has 1 aliphatic heterocycles. The van der Waals surface area contributed by atoms with Gasteiger partial charge in [-0.15, -0.1) is 11.8 Å². The predicted molar refractivity (Wildman–Crippen MR) is 119 cm³/mol. The second kappa shape index (κ2) is 8.43. The molecule has 0 aliphatic carbocycles. The molecule has 160 valence electrons. The zero-order valence-electron chi connectivity index (χ0n) is 17.3. The zero-order chi connectivity index (χ0) is 22.0. The van der Waals surface area contributed by atoms with Crippen LogP contribution in [-0.4, -0.2) is 45.2 Å². The lowest BCUT2D eigenvalue weighted by atomic mass is 10.1. The van der Waals surface area contributed by atoms with Crippen molar-refractivity contribution in [2.45, 2.75) is 30.8 Å². The molecule has 2 heterocycles. The smallest absolute Gasteiger partial charge is 0.322 e. The van der Waals surface area contributed by atoms with Gasteiger partial charge in [-0.3, -0.25) is 14.9 Å². The van der Waals surface area contributed by atoms with Crippen LogP contribution in [0.4, 0.5) is 4.79 Å². The van der Waals surface area contributed by atoms with E-state index < -0.39 is 11.6 Å². The van der Waals surface area contributed by atoms with E-state index in [0.717, 1.165) is 21.8 Å². The quantitative estimate of drug-likeness (QED) is 0.389. The number of para-hydroxylation sites is 2. The number of aromatic nitrogens is 2. The summed E-state index contributed by atoms with van der Waals surface area (Å²) in [5.74, 6) is 0.663. The lowest BCUT2D eigenvalue weighted by molar-refractivity contribution is -0.122. The first-order chi connectivity index (χ1) is 14.9. The summed E-state index contributed by atoms with van der Waals surface area (Å²) in [6, 6.07) is 14.7. The van der Waals surface area contributed by atoms with Crippen LogP contribution in [0.25, 0.3) is 11.0 Å². The number of fused-ring (bicyclic) bond motifs is 1. The van der Waals surface area contributed by atoms with Crippen molar-refractivity contribution in [3.05, 3.63) is 59.9 Å². The molecule has 0 radical (unpaired) electrons. The molecule has 2 aromatic carbocycles. The normalized spacial score (nSPS) is 18.1. The fourth-order valence-corrected chi connectivity index (χ4v) is 4.68. The second-order valence-electron chi connectivity index (χ2n) is 7.58. The fraction of sp³-hybridized carbons (Fsp3) is 0.273. The molecule has 0 bridgehead atoms. The Kier molecular flexibility index (Phi) is 5.69. The van der Waals surface area contributed by atoms with Crippen molar-refractivity contribution >= 4 is 40.6 Å². The Morgan fingerprint density at radius 1 is 1.16 bits per heavy atom. The highest BCUT2D eigenvalue weighted by Gasteiger charge is 2.41. The van der Waals surface area contributed by atoms with Crippen LogP contribution in [0.1, 0.15) is 23.1 Å². The molecular formula is C22H23N5O3S. The van der Waals surface area contributed by atoms with Crippen LogP contribution in [0, 0.1) is 6.92 Å². The molecule has 9 heteroatoms. The molecular weight excluding hydrogens is 414 g/mol. The molecule has 1 aliphatic rings. The number of carbonyl (C=O) groups excluding carboxylic acids is 3. The Bertz CT molecular complexity index is 1170. The van der Waals surface area contributed by atoms with Gasteiger partial charge in [-0.05, 0) is 38.1 Å². The summed E-state index contributed by atoms with van der Waals surface area (Å²) in [5.41, 5.74) is 1.50. The maximum atomic E-state index is 12.8. The number of carbonyl (C=O) groups is 3. The highest BCUT2D eigenvalue weighted by Crippen LogP contribution is 2.27. The molecule has 1 saturated heterocycles. The van der Waals surface area contributed by atoms with Crippen molar-refractivity contribution < 1.29 is 14.4 Å². The van der Waals surface area contributed by atoms with Gasteiger partial charge in [-0.25, -0.2) is 9.78 Å². The van der Waals surface area contributed by atoms with E-state index in [1.165, 1.54) is 11.8 Å². The summed E-state index contributed by atoms with van der Waals surface area (Å²) in [6.07, 6.45) is 0. The van der Waals surface area contributed by atoms with Crippen LogP contribution in [0.3, 0.4) is 0 Å². The molecule has 4 amide bonds. The molecule has 1 atom stereocenters. The summed E-state index contributed by atoms with van der Waals surface area (Å²) in [7, 11) is 0. The SMILES string of the molecule is Cc1nc2ccccc2n1CCNC(=O)c1ccccc1SC[C@@]1(C)NC(=O)NC1=O. The van der Waals surface area contributed by atoms with E-state index in [4.69, 9.17) is 0 Å². The third-order valence-electron chi connectivity index (χ3n) is 5.23. The summed E-state index contributed by atoms with van der Waals surface area (Å²) in [6.45, 7) is 4.68. The van der Waals surface area contributed by atoms with Crippen LogP contribution in [0.5, 0.6) is 0 Å². The van der Waals surface area contributed by atoms with Crippen molar-refractivity contribution in [3.63, 3.8) is 0 Å². The molecule has 0 saturated carbocycles. The number of hydrogen-bond acceptors (Lipinski definition) is 5. The fourth-order valence-electron chi connectivity index (χ4n) is 3.54. The number of hydrogen-bond donors (Lipinski definition) is 3. The van der Waals surface area contributed by atoms with Crippen LogP contribution in [-0.2, 0) is 11.3 Å². The van der Waals surface area contributed by atoms with E-state index in [9.17, 15) is 14.4 Å². The summed E-state index contributed by atoms with van der Waals surface area (Å²) < 4.78 is 2.08. The van der Waals surface area contributed by atoms with Gasteiger partial charge in [-0.1, -0.05) is 24.3 Å². The van der Waals surface area contributed by atoms with Crippen molar-refractivity contribution in [3.8, 4) is 0 Å². The summed E-state index contributed by atoms with van der Waals surface area (Å²) >= 11 is 1.36. The number of urea groups is 1. The molecule has 1 aromatic heterocycles. The molecule has 0 unspecified atom stereocenters. The number of thioether (sulfide) groups is 1. The number of imidazole rings is 1. The number of imide groups is 1. The van der Waals surface area contributed by atoms with E-state index in [-0.39, 0.29) is 11.8 Å². The van der Waals surface area contributed by atoms with Gasteiger partial charge in [0.15, 0.2) is 0 Å². The van der Waals surface area contributed by atoms with E-state index in [1.807, 2.05) is 43.3 Å². The monoisotopic (exact) mass is 437 g/mol. The van der Waals surface area contributed by atoms with Gasteiger partial charge in [0.1, 0.15) is 11.4 Å². The lowest BCUT2D eigenvalue weighted by Gasteiger charge is -2.20. The van der Waals surface area contributed by atoms with Gasteiger partial charge in [0, 0.05) is 23.7 Å². The molecule has 0 spiro atoms. The number of rotatable bonds is 7. The minimum atomic E-state index is -1.01. The van der Waals surface area contributed by atoms with Crippen molar-refractivity contribution in [2.75, 3.05) is 12.3 Å². The molecule has 1 fully saturated rings. The van der Waals surface area contributed by atoms with Gasteiger partial charge < -0.3 is 15.2 Å². The average molecular weight is 438 g/mol. The molecule has 4 rings (SSSR count). The number of aryl methyl sites for hydroxylation is 1. The summed E-state index contributed by atoms with van der Waals surface area (Å²) in [5, 5.41) is 7.86. The first-order valence-corrected chi connectivity index (χ1v) is 10.9. The van der Waals surface area contributed by atoms with Gasteiger partial charge in [0.05, 0.1) is 16.6 Å². The Labute approximate surface area is 183 Å². The Morgan fingerprint density at radius 2 is 1.90 bits per heavy atom. The largest absolute Gasteiger partial charge is 0.350 e. The van der Waals surface area contributed by atoms with Gasteiger partial charge in [-0.2, -0.15) is 0 Å². The Balaban J connectivity index is 1.40. The average Bonchev–Trinajstić information content (AvgIpc) is 3.21. The van der Waals surface area contributed by atoms with Crippen LogP contribution >= 0.6 is 11.8 Å². The van der Waals surface area contributed by atoms with Crippen LogP contribution in [0.15, 0.2) is 53.4 Å². The maximum Gasteiger partial charge on any atom is 0.322 e. The second-order valence-corrected chi connectivity index (χ2v) is 8.60. The topological polar surface area (TPSA) is 105 Å². The minimum absolute atomic E-state index is 0.185. The van der Waals surface area contributed by atoms with E-state index in [2.05, 4.69) is 25.5 Å².